The van der Waals surface area contributed by atoms with Crippen molar-refractivity contribution in [1.29, 1.82) is 0 Å². The average Bonchev–Trinajstić information content (AvgIpc) is 2.80. The number of ketones is 2. The summed E-state index contributed by atoms with van der Waals surface area (Å²) in [5, 5.41) is 8.84. The summed E-state index contributed by atoms with van der Waals surface area (Å²) in [5.74, 6) is -1.07. The van der Waals surface area contributed by atoms with Crippen molar-refractivity contribution in [1.82, 2.24) is 0 Å². The summed E-state index contributed by atoms with van der Waals surface area (Å²) >= 11 is 12.4. The molecule has 0 aromatic heterocycles. The first-order valence-corrected chi connectivity index (χ1v) is 8.37. The molecule has 1 aromatic carbocycles. The topological polar surface area (TPSA) is 80.7 Å². The molecule has 0 radical (unpaired) electrons. The number of aliphatic carboxylic acids is 1. The fourth-order valence-electron chi connectivity index (χ4n) is 3.07. The SMILES string of the molecule is CCC1(CCC(C)=O)Cc2cc(OCC(=O)O)c(Cl)c(Cl)c2C1=O. The molecule has 0 spiro atoms. The molecule has 24 heavy (non-hydrogen) atoms. The maximum absolute atomic E-state index is 12.9. The maximum Gasteiger partial charge on any atom is 0.341 e. The first-order chi connectivity index (χ1) is 11.2. The van der Waals surface area contributed by atoms with Crippen LogP contribution in [0.1, 0.15) is 49.0 Å². The molecule has 5 nitrogen and oxygen atoms in total. The number of hydrogen-bond acceptors (Lipinski definition) is 4. The van der Waals surface area contributed by atoms with Crippen LogP contribution in [0.5, 0.6) is 5.75 Å². The maximum atomic E-state index is 12.9. The molecule has 1 aromatic rings. The minimum atomic E-state index is -1.14. The lowest BCUT2D eigenvalue weighted by Gasteiger charge is -2.25. The smallest absolute Gasteiger partial charge is 0.341 e. The Bertz CT molecular complexity index is 713. The van der Waals surface area contributed by atoms with Gasteiger partial charge in [0.25, 0.3) is 0 Å². The quantitative estimate of drug-likeness (QED) is 0.783. The van der Waals surface area contributed by atoms with Gasteiger partial charge in [-0.1, -0.05) is 30.1 Å². The normalized spacial score (nSPS) is 19.2. The van der Waals surface area contributed by atoms with Crippen molar-refractivity contribution in [2.45, 2.75) is 39.5 Å². The van der Waals surface area contributed by atoms with E-state index in [1.165, 1.54) is 6.92 Å². The highest BCUT2D eigenvalue weighted by atomic mass is 35.5. The first kappa shape index (κ1) is 18.7. The minimum absolute atomic E-state index is 0.0289. The molecular weight excluding hydrogens is 355 g/mol. The molecular formula is C17H18Cl2O5. The predicted molar refractivity (Wildman–Crippen MR) is 90.3 cm³/mol. The van der Waals surface area contributed by atoms with Crippen LogP contribution >= 0.6 is 23.2 Å². The van der Waals surface area contributed by atoms with Crippen LogP contribution in [-0.4, -0.2) is 29.2 Å². The van der Waals surface area contributed by atoms with Crippen molar-refractivity contribution in [2.24, 2.45) is 5.41 Å². The summed E-state index contributed by atoms with van der Waals surface area (Å²) < 4.78 is 5.16. The molecule has 0 saturated heterocycles. The van der Waals surface area contributed by atoms with E-state index < -0.39 is 18.0 Å². The number of ether oxygens (including phenoxy) is 1. The average molecular weight is 373 g/mol. The fourth-order valence-corrected chi connectivity index (χ4v) is 3.58. The second kappa shape index (κ2) is 7.11. The van der Waals surface area contributed by atoms with Gasteiger partial charge >= 0.3 is 5.97 Å². The van der Waals surface area contributed by atoms with E-state index in [1.807, 2.05) is 6.92 Å². The van der Waals surface area contributed by atoms with E-state index in [0.29, 0.717) is 36.8 Å². The van der Waals surface area contributed by atoms with Gasteiger partial charge in [0.15, 0.2) is 12.4 Å². The second-order valence-corrected chi connectivity index (χ2v) is 6.82. The summed E-state index contributed by atoms with van der Waals surface area (Å²) in [6.07, 6.45) is 1.78. The van der Waals surface area contributed by atoms with Crippen LogP contribution < -0.4 is 4.74 Å². The highest BCUT2D eigenvalue weighted by Crippen LogP contribution is 2.49. The molecule has 0 aliphatic heterocycles. The van der Waals surface area contributed by atoms with E-state index in [2.05, 4.69) is 0 Å². The molecule has 1 unspecified atom stereocenters. The molecule has 1 atom stereocenters. The van der Waals surface area contributed by atoms with Crippen LogP contribution in [-0.2, 0) is 16.0 Å². The standard InChI is InChI=1S/C17H18Cl2O5/c1-3-17(5-4-9(2)20)7-10-6-11(24-8-12(21)22)14(18)15(19)13(10)16(17)23/h6H,3-5,7-8H2,1-2H3,(H,21,22). The second-order valence-electron chi connectivity index (χ2n) is 6.06. The summed E-state index contributed by atoms with van der Waals surface area (Å²) in [6.45, 7) is 2.85. The monoisotopic (exact) mass is 372 g/mol. The van der Waals surface area contributed by atoms with Crippen molar-refractivity contribution in [3.8, 4) is 5.75 Å². The molecule has 7 heteroatoms. The largest absolute Gasteiger partial charge is 0.480 e. The van der Waals surface area contributed by atoms with Crippen LogP contribution in [0.2, 0.25) is 10.0 Å². The van der Waals surface area contributed by atoms with Gasteiger partial charge in [0.05, 0.1) is 5.02 Å². The van der Waals surface area contributed by atoms with Crippen LogP contribution in [0, 0.1) is 5.41 Å². The Morgan fingerprint density at radius 1 is 1.33 bits per heavy atom. The zero-order valence-electron chi connectivity index (χ0n) is 13.4. The third-order valence-electron chi connectivity index (χ3n) is 4.48. The zero-order chi connectivity index (χ0) is 18.1. The summed E-state index contributed by atoms with van der Waals surface area (Å²) in [7, 11) is 0. The fraction of sp³-hybridized carbons (Fsp3) is 0.471. The van der Waals surface area contributed by atoms with Crippen LogP contribution in [0.3, 0.4) is 0 Å². The predicted octanol–water partition coefficient (Wildman–Crippen LogP) is 3.96. The van der Waals surface area contributed by atoms with Crippen molar-refractivity contribution >= 4 is 40.7 Å². The number of carboxylic acid groups (broad SMARTS) is 1. The summed E-state index contributed by atoms with van der Waals surface area (Å²) in [4.78, 5) is 34.9. The Hall–Kier alpha value is -1.59. The lowest BCUT2D eigenvalue weighted by molar-refractivity contribution is -0.139. The van der Waals surface area contributed by atoms with Crippen molar-refractivity contribution < 1.29 is 24.2 Å². The van der Waals surface area contributed by atoms with E-state index >= 15 is 0 Å². The molecule has 1 aliphatic rings. The Balaban J connectivity index is 2.41. The van der Waals surface area contributed by atoms with Gasteiger partial charge in [0.2, 0.25) is 0 Å². The number of hydrogen-bond donors (Lipinski definition) is 1. The lowest BCUT2D eigenvalue weighted by atomic mass is 9.76. The Labute approximate surface area is 149 Å². The number of halogens is 2. The molecule has 1 N–H and O–H groups in total. The lowest BCUT2D eigenvalue weighted by Crippen LogP contribution is -2.28. The van der Waals surface area contributed by atoms with Gasteiger partial charge in [-0.05, 0) is 37.8 Å². The molecule has 0 saturated carbocycles. The molecule has 2 rings (SSSR count). The third kappa shape index (κ3) is 3.42. The van der Waals surface area contributed by atoms with Crippen LogP contribution in [0.15, 0.2) is 6.07 Å². The molecule has 0 heterocycles. The Morgan fingerprint density at radius 2 is 2.00 bits per heavy atom. The van der Waals surface area contributed by atoms with Gasteiger partial charge in [-0.25, -0.2) is 4.79 Å². The van der Waals surface area contributed by atoms with E-state index in [4.69, 9.17) is 33.0 Å². The molecule has 0 bridgehead atoms. The molecule has 0 fully saturated rings. The number of carbonyl (C=O) groups excluding carboxylic acids is 2. The van der Waals surface area contributed by atoms with Gasteiger partial charge < -0.3 is 14.6 Å². The number of benzene rings is 1. The van der Waals surface area contributed by atoms with E-state index in [0.717, 1.165) is 0 Å². The number of carboxylic acids is 1. The first-order valence-electron chi connectivity index (χ1n) is 7.61. The molecule has 130 valence electrons. The Kier molecular flexibility index (Phi) is 5.56. The van der Waals surface area contributed by atoms with Crippen molar-refractivity contribution in [3.05, 3.63) is 27.2 Å². The van der Waals surface area contributed by atoms with Crippen LogP contribution in [0.25, 0.3) is 0 Å². The zero-order valence-corrected chi connectivity index (χ0v) is 15.0. The number of Topliss-reactive ketones (excluding diaryl/α,β-unsaturated/α-hetero) is 2. The van der Waals surface area contributed by atoms with Gasteiger partial charge in [-0.15, -0.1) is 0 Å². The third-order valence-corrected chi connectivity index (χ3v) is 5.33. The van der Waals surface area contributed by atoms with E-state index in [9.17, 15) is 14.4 Å². The minimum Gasteiger partial charge on any atom is -0.480 e. The van der Waals surface area contributed by atoms with E-state index in [1.54, 1.807) is 6.07 Å². The molecule has 0 amide bonds. The van der Waals surface area contributed by atoms with Gasteiger partial charge in [0.1, 0.15) is 16.6 Å². The highest BCUT2D eigenvalue weighted by Gasteiger charge is 2.45. The molecule has 1 aliphatic carbocycles. The number of carbonyl (C=O) groups is 3. The van der Waals surface area contributed by atoms with Crippen molar-refractivity contribution in [3.63, 3.8) is 0 Å². The Morgan fingerprint density at radius 3 is 2.54 bits per heavy atom. The number of fused-ring (bicyclic) bond motifs is 1. The number of rotatable bonds is 7. The van der Waals surface area contributed by atoms with Crippen LogP contribution in [0.4, 0.5) is 0 Å². The summed E-state index contributed by atoms with van der Waals surface area (Å²) in [6, 6.07) is 1.58. The highest BCUT2D eigenvalue weighted by molar-refractivity contribution is 6.45. The van der Waals surface area contributed by atoms with Gasteiger partial charge in [0, 0.05) is 17.4 Å². The summed E-state index contributed by atoms with van der Waals surface area (Å²) in [5.41, 5.74) is 0.363. The van der Waals surface area contributed by atoms with Crippen molar-refractivity contribution in [2.75, 3.05) is 6.61 Å². The van der Waals surface area contributed by atoms with Gasteiger partial charge in [-0.3, -0.25) is 4.79 Å². The van der Waals surface area contributed by atoms with Gasteiger partial charge in [-0.2, -0.15) is 0 Å². The van der Waals surface area contributed by atoms with E-state index in [-0.39, 0.29) is 27.4 Å².